The van der Waals surface area contributed by atoms with Crippen molar-refractivity contribution in [3.05, 3.63) is 54.1 Å². The van der Waals surface area contributed by atoms with Crippen LogP contribution in [-0.2, 0) is 9.53 Å². The van der Waals surface area contributed by atoms with E-state index in [1.54, 1.807) is 13.1 Å². The van der Waals surface area contributed by atoms with Gasteiger partial charge in [-0.25, -0.2) is 0 Å². The second-order valence-electron chi connectivity index (χ2n) is 7.30. The maximum atomic E-state index is 12.6. The number of hydrogen-bond donors (Lipinski definition) is 1. The van der Waals surface area contributed by atoms with Crippen molar-refractivity contribution in [2.75, 3.05) is 69.1 Å². The Bertz CT molecular complexity index is 845. The second kappa shape index (κ2) is 9.43. The Balaban J connectivity index is 1.55. The molecule has 29 heavy (non-hydrogen) atoms. The minimum atomic E-state index is -0.233. The number of hydrogen-bond acceptors (Lipinski definition) is 5. The minimum absolute atomic E-state index is 0.0176. The number of anilines is 3. The molecule has 0 spiro atoms. The van der Waals surface area contributed by atoms with Crippen molar-refractivity contribution in [2.24, 2.45) is 0 Å². The predicted octanol–water partition coefficient (Wildman–Crippen LogP) is 2.30. The summed E-state index contributed by atoms with van der Waals surface area (Å²) in [5.74, 6) is -0.421. The summed E-state index contributed by atoms with van der Waals surface area (Å²) >= 11 is 0. The Morgan fingerprint density at radius 2 is 1.72 bits per heavy atom. The van der Waals surface area contributed by atoms with Crippen molar-refractivity contribution in [3.63, 3.8) is 0 Å². The minimum Gasteiger partial charge on any atom is -0.378 e. The molecule has 2 amide bonds. The molecular formula is C22H28N4O3. The molecule has 0 unspecified atom stereocenters. The zero-order valence-electron chi connectivity index (χ0n) is 17.2. The molecule has 1 aliphatic rings. The van der Waals surface area contributed by atoms with Crippen molar-refractivity contribution in [2.45, 2.75) is 0 Å². The molecule has 0 atom stereocenters. The van der Waals surface area contributed by atoms with E-state index in [0.717, 1.165) is 37.7 Å². The van der Waals surface area contributed by atoms with Gasteiger partial charge in [0.2, 0.25) is 5.91 Å². The van der Waals surface area contributed by atoms with Crippen LogP contribution in [0.5, 0.6) is 0 Å². The molecule has 2 aromatic rings. The average molecular weight is 396 g/mol. The molecule has 0 aliphatic carbocycles. The number of amides is 2. The number of ether oxygens (including phenoxy) is 1. The molecule has 0 saturated carbocycles. The van der Waals surface area contributed by atoms with E-state index < -0.39 is 0 Å². The summed E-state index contributed by atoms with van der Waals surface area (Å²) in [4.78, 5) is 30.6. The van der Waals surface area contributed by atoms with E-state index in [-0.39, 0.29) is 18.4 Å². The van der Waals surface area contributed by atoms with Crippen LogP contribution in [-0.4, -0.2) is 70.7 Å². The number of benzene rings is 2. The summed E-state index contributed by atoms with van der Waals surface area (Å²) in [6, 6.07) is 15.1. The summed E-state index contributed by atoms with van der Waals surface area (Å²) in [7, 11) is 5.47. The monoisotopic (exact) mass is 396 g/mol. The zero-order valence-corrected chi connectivity index (χ0v) is 17.2. The third-order valence-electron chi connectivity index (χ3n) is 4.86. The Morgan fingerprint density at radius 3 is 2.38 bits per heavy atom. The normalized spacial score (nSPS) is 13.7. The van der Waals surface area contributed by atoms with Crippen LogP contribution < -0.4 is 15.1 Å². The first-order valence-corrected chi connectivity index (χ1v) is 9.69. The lowest BCUT2D eigenvalue weighted by atomic mass is 10.1. The van der Waals surface area contributed by atoms with E-state index in [1.807, 2.05) is 61.5 Å². The fourth-order valence-corrected chi connectivity index (χ4v) is 3.20. The second-order valence-corrected chi connectivity index (χ2v) is 7.30. The summed E-state index contributed by atoms with van der Waals surface area (Å²) in [5, 5.41) is 2.85. The van der Waals surface area contributed by atoms with E-state index in [2.05, 4.69) is 10.2 Å². The fraction of sp³-hybridized carbons (Fsp3) is 0.364. The van der Waals surface area contributed by atoms with Gasteiger partial charge in [-0.2, -0.15) is 0 Å². The van der Waals surface area contributed by atoms with E-state index in [0.29, 0.717) is 11.3 Å². The summed E-state index contributed by atoms with van der Waals surface area (Å²) in [6.07, 6.45) is 0. The van der Waals surface area contributed by atoms with Gasteiger partial charge in [0.05, 0.1) is 19.8 Å². The number of carbonyl (C=O) groups is 2. The quantitative estimate of drug-likeness (QED) is 0.812. The molecule has 1 N–H and O–H groups in total. The number of nitrogens with one attached hydrogen (secondary N) is 1. The fourth-order valence-electron chi connectivity index (χ4n) is 3.20. The van der Waals surface area contributed by atoms with Crippen LogP contribution in [0.25, 0.3) is 0 Å². The van der Waals surface area contributed by atoms with E-state index in [1.165, 1.54) is 4.90 Å². The van der Waals surface area contributed by atoms with Gasteiger partial charge < -0.3 is 24.8 Å². The van der Waals surface area contributed by atoms with Gasteiger partial charge in [0, 0.05) is 56.9 Å². The Labute approximate surface area is 171 Å². The largest absolute Gasteiger partial charge is 0.378 e. The SMILES string of the molecule is CN(CC(=O)Nc1ccc(N2CCOCC2)cc1)C(=O)c1cccc(N(C)C)c1. The van der Waals surface area contributed by atoms with Crippen molar-refractivity contribution in [3.8, 4) is 0 Å². The molecule has 1 saturated heterocycles. The van der Waals surface area contributed by atoms with Crippen LogP contribution in [0, 0.1) is 0 Å². The van der Waals surface area contributed by atoms with Crippen molar-refractivity contribution in [1.29, 1.82) is 0 Å². The van der Waals surface area contributed by atoms with Gasteiger partial charge in [-0.3, -0.25) is 9.59 Å². The molecule has 2 aromatic carbocycles. The standard InChI is InChI=1S/C22H28N4O3/c1-24(2)20-6-4-5-17(15-20)22(28)25(3)16-21(27)23-18-7-9-19(10-8-18)26-11-13-29-14-12-26/h4-10,15H,11-14,16H2,1-3H3,(H,23,27). The van der Waals surface area contributed by atoms with Crippen LogP contribution in [0.1, 0.15) is 10.4 Å². The molecule has 0 radical (unpaired) electrons. The third-order valence-corrected chi connectivity index (χ3v) is 4.86. The van der Waals surface area contributed by atoms with E-state index in [4.69, 9.17) is 4.74 Å². The maximum Gasteiger partial charge on any atom is 0.254 e. The lowest BCUT2D eigenvalue weighted by Gasteiger charge is -2.28. The number of morpholine rings is 1. The van der Waals surface area contributed by atoms with Crippen molar-refractivity contribution in [1.82, 2.24) is 4.90 Å². The Hall–Kier alpha value is -3.06. The van der Waals surface area contributed by atoms with Gasteiger partial charge in [0.25, 0.3) is 5.91 Å². The van der Waals surface area contributed by atoms with Gasteiger partial charge in [-0.1, -0.05) is 6.07 Å². The number of likely N-dealkylation sites (N-methyl/N-ethyl adjacent to an activating group) is 1. The van der Waals surface area contributed by atoms with Gasteiger partial charge in [-0.15, -0.1) is 0 Å². The van der Waals surface area contributed by atoms with Gasteiger partial charge >= 0.3 is 0 Å². The maximum absolute atomic E-state index is 12.6. The van der Waals surface area contributed by atoms with E-state index in [9.17, 15) is 9.59 Å². The molecule has 7 heteroatoms. The van der Waals surface area contributed by atoms with Crippen LogP contribution in [0.15, 0.2) is 48.5 Å². The third kappa shape index (κ3) is 5.48. The highest BCUT2D eigenvalue weighted by atomic mass is 16.5. The Kier molecular flexibility index (Phi) is 6.72. The van der Waals surface area contributed by atoms with Gasteiger partial charge in [-0.05, 0) is 42.5 Å². The van der Waals surface area contributed by atoms with E-state index >= 15 is 0 Å². The molecule has 1 heterocycles. The first-order chi connectivity index (χ1) is 13.9. The Morgan fingerprint density at radius 1 is 1.03 bits per heavy atom. The topological polar surface area (TPSA) is 65.1 Å². The highest BCUT2D eigenvalue weighted by Crippen LogP contribution is 2.19. The molecule has 7 nitrogen and oxygen atoms in total. The zero-order chi connectivity index (χ0) is 20.8. The van der Waals surface area contributed by atoms with Gasteiger partial charge in [0.1, 0.15) is 0 Å². The van der Waals surface area contributed by atoms with Crippen molar-refractivity contribution < 1.29 is 14.3 Å². The number of carbonyl (C=O) groups excluding carboxylic acids is 2. The molecule has 0 bridgehead atoms. The number of rotatable bonds is 6. The summed E-state index contributed by atoms with van der Waals surface area (Å²) in [5.41, 5.74) is 3.32. The highest BCUT2D eigenvalue weighted by Gasteiger charge is 2.16. The molecule has 1 fully saturated rings. The summed E-state index contributed by atoms with van der Waals surface area (Å²) in [6.45, 7) is 3.18. The van der Waals surface area contributed by atoms with Crippen LogP contribution >= 0.6 is 0 Å². The van der Waals surface area contributed by atoms with Crippen LogP contribution in [0.4, 0.5) is 17.1 Å². The van der Waals surface area contributed by atoms with Gasteiger partial charge in [0.15, 0.2) is 0 Å². The average Bonchev–Trinajstić information content (AvgIpc) is 2.74. The summed E-state index contributed by atoms with van der Waals surface area (Å²) < 4.78 is 5.37. The van der Waals surface area contributed by atoms with Crippen LogP contribution in [0.2, 0.25) is 0 Å². The lowest BCUT2D eigenvalue weighted by molar-refractivity contribution is -0.116. The molecule has 154 valence electrons. The molecule has 3 rings (SSSR count). The smallest absolute Gasteiger partial charge is 0.254 e. The molecular weight excluding hydrogens is 368 g/mol. The molecule has 1 aliphatic heterocycles. The highest BCUT2D eigenvalue weighted by molar-refractivity contribution is 5.99. The number of nitrogens with zero attached hydrogens (tertiary/aromatic N) is 3. The lowest BCUT2D eigenvalue weighted by Crippen LogP contribution is -2.36. The first-order valence-electron chi connectivity index (χ1n) is 9.69. The van der Waals surface area contributed by atoms with Crippen LogP contribution in [0.3, 0.4) is 0 Å². The molecule has 0 aromatic heterocycles. The first kappa shape index (κ1) is 20.7. The predicted molar refractivity (Wildman–Crippen MR) is 116 cm³/mol. The van der Waals surface area contributed by atoms with Crippen molar-refractivity contribution >= 4 is 28.9 Å².